The van der Waals surface area contributed by atoms with Crippen LogP contribution in [0.5, 0.6) is 5.88 Å². The Morgan fingerprint density at radius 2 is 1.76 bits per heavy atom. The summed E-state index contributed by atoms with van der Waals surface area (Å²) in [5.74, 6) is 2.26. The van der Waals surface area contributed by atoms with Gasteiger partial charge >= 0.3 is 6.09 Å². The standard InChI is InChI=1S/C27H36N6O5/c34-26(22-11-24(19-1-2-19)29-25(12-22)37-16-18-5-9-36-10-6-18)32-7-3-20-14-33(15-21(20)4-8-32)27(35)38-17-23-13-28-31-30-23/h11-13,18-21H,1-10,14-17H2,(H,28,30,31)/t20-,21+. The molecule has 0 spiro atoms. The molecule has 11 heteroatoms. The van der Waals surface area contributed by atoms with E-state index < -0.39 is 0 Å². The Labute approximate surface area is 222 Å². The van der Waals surface area contributed by atoms with E-state index >= 15 is 0 Å². The predicted molar refractivity (Wildman–Crippen MR) is 136 cm³/mol. The first-order chi connectivity index (χ1) is 18.6. The number of hydrogen-bond acceptors (Lipinski definition) is 8. The third-order valence-electron chi connectivity index (χ3n) is 8.34. The van der Waals surface area contributed by atoms with E-state index in [2.05, 4.69) is 15.4 Å². The Morgan fingerprint density at radius 1 is 1.00 bits per heavy atom. The van der Waals surface area contributed by atoms with Crippen LogP contribution < -0.4 is 4.74 Å². The first-order valence-electron chi connectivity index (χ1n) is 13.9. The molecule has 1 N–H and O–H groups in total. The van der Waals surface area contributed by atoms with Crippen LogP contribution in [0.4, 0.5) is 4.79 Å². The Kier molecular flexibility index (Phi) is 7.44. The SMILES string of the molecule is O=C(OCc1cn[nH]n1)N1C[C@H]2CCN(C(=O)c3cc(OCC4CCOCC4)nc(C4CC4)c3)CC[C@H]2C1. The molecule has 4 aliphatic rings. The molecule has 2 aromatic heterocycles. The van der Waals surface area contributed by atoms with Gasteiger partial charge in [0.05, 0.1) is 12.8 Å². The minimum atomic E-state index is -0.313. The van der Waals surface area contributed by atoms with Crippen molar-refractivity contribution in [3.63, 3.8) is 0 Å². The second-order valence-electron chi connectivity index (χ2n) is 11.1. The number of carbonyl (C=O) groups excluding carboxylic acids is 2. The highest BCUT2D eigenvalue weighted by Gasteiger charge is 2.38. The van der Waals surface area contributed by atoms with Gasteiger partial charge in [-0.25, -0.2) is 9.78 Å². The van der Waals surface area contributed by atoms with E-state index in [1.165, 1.54) is 0 Å². The molecule has 1 aliphatic carbocycles. The Balaban J connectivity index is 1.05. The average Bonchev–Trinajstić information content (AvgIpc) is 3.59. The van der Waals surface area contributed by atoms with Gasteiger partial charge in [0.25, 0.3) is 5.91 Å². The number of likely N-dealkylation sites (tertiary alicyclic amines) is 2. The lowest BCUT2D eigenvalue weighted by atomic mass is 9.92. The number of carbonyl (C=O) groups is 2. The monoisotopic (exact) mass is 524 g/mol. The normalized spacial score (nSPS) is 24.1. The van der Waals surface area contributed by atoms with Gasteiger partial charge in [-0.2, -0.15) is 15.4 Å². The number of amides is 2. The third kappa shape index (κ3) is 5.92. The molecule has 0 unspecified atom stereocenters. The molecule has 2 aromatic rings. The second kappa shape index (κ2) is 11.3. The van der Waals surface area contributed by atoms with E-state index in [4.69, 9.17) is 19.2 Å². The molecule has 4 fully saturated rings. The number of fused-ring (bicyclic) bond motifs is 1. The molecular formula is C27H36N6O5. The lowest BCUT2D eigenvalue weighted by molar-refractivity contribution is 0.0490. The maximum atomic E-state index is 13.6. The Bertz CT molecular complexity index is 1100. The molecule has 38 heavy (non-hydrogen) atoms. The van der Waals surface area contributed by atoms with E-state index in [0.29, 0.717) is 73.6 Å². The van der Waals surface area contributed by atoms with Crippen molar-refractivity contribution in [2.75, 3.05) is 46.0 Å². The van der Waals surface area contributed by atoms with Crippen LogP contribution >= 0.6 is 0 Å². The van der Waals surface area contributed by atoms with Crippen molar-refractivity contribution in [1.29, 1.82) is 0 Å². The highest BCUT2D eigenvalue weighted by molar-refractivity contribution is 5.94. The molecule has 0 bridgehead atoms. The zero-order valence-corrected chi connectivity index (χ0v) is 21.7. The highest BCUT2D eigenvalue weighted by atomic mass is 16.6. The van der Waals surface area contributed by atoms with E-state index in [1.807, 2.05) is 17.0 Å². The minimum Gasteiger partial charge on any atom is -0.477 e. The summed E-state index contributed by atoms with van der Waals surface area (Å²) in [7, 11) is 0. The molecule has 204 valence electrons. The smallest absolute Gasteiger partial charge is 0.410 e. The molecule has 0 aromatic carbocycles. The van der Waals surface area contributed by atoms with Gasteiger partial charge in [0.2, 0.25) is 5.88 Å². The zero-order valence-electron chi connectivity index (χ0n) is 21.7. The molecule has 5 heterocycles. The molecule has 0 radical (unpaired) electrons. The third-order valence-corrected chi connectivity index (χ3v) is 8.34. The fourth-order valence-electron chi connectivity index (χ4n) is 5.83. The number of H-pyrrole nitrogens is 1. The van der Waals surface area contributed by atoms with Crippen molar-refractivity contribution in [1.82, 2.24) is 30.2 Å². The summed E-state index contributed by atoms with van der Waals surface area (Å²) in [5.41, 5.74) is 2.25. The fraction of sp³-hybridized carbons (Fsp3) is 0.667. The van der Waals surface area contributed by atoms with Crippen LogP contribution in [-0.4, -0.2) is 88.2 Å². The van der Waals surface area contributed by atoms with Crippen LogP contribution in [0.15, 0.2) is 18.3 Å². The zero-order chi connectivity index (χ0) is 25.9. The molecule has 2 amide bonds. The van der Waals surface area contributed by atoms with Crippen molar-refractivity contribution in [2.45, 2.75) is 51.0 Å². The molecule has 11 nitrogen and oxygen atoms in total. The number of pyridine rings is 1. The lowest BCUT2D eigenvalue weighted by Crippen LogP contribution is -2.34. The lowest BCUT2D eigenvalue weighted by Gasteiger charge is -2.23. The molecule has 6 rings (SSSR count). The van der Waals surface area contributed by atoms with Crippen molar-refractivity contribution < 1.29 is 23.8 Å². The van der Waals surface area contributed by atoms with E-state index in [0.717, 1.165) is 57.4 Å². The van der Waals surface area contributed by atoms with Crippen LogP contribution in [0, 0.1) is 17.8 Å². The Hall–Kier alpha value is -3.21. The predicted octanol–water partition coefficient (Wildman–Crippen LogP) is 3.00. The van der Waals surface area contributed by atoms with Crippen LogP contribution in [0.1, 0.15) is 66.2 Å². The van der Waals surface area contributed by atoms with Gasteiger partial charge in [0.15, 0.2) is 0 Å². The fourth-order valence-corrected chi connectivity index (χ4v) is 5.83. The maximum absolute atomic E-state index is 13.6. The molecule has 3 aliphatic heterocycles. The first kappa shape index (κ1) is 25.1. The minimum absolute atomic E-state index is 0.0501. The van der Waals surface area contributed by atoms with Gasteiger partial charge in [-0.15, -0.1) is 0 Å². The highest BCUT2D eigenvalue weighted by Crippen LogP contribution is 2.40. The van der Waals surface area contributed by atoms with Gasteiger partial charge in [0, 0.05) is 62.6 Å². The van der Waals surface area contributed by atoms with Gasteiger partial charge < -0.3 is 24.0 Å². The average molecular weight is 525 g/mol. The van der Waals surface area contributed by atoms with Crippen LogP contribution in [0.25, 0.3) is 0 Å². The van der Waals surface area contributed by atoms with E-state index in [9.17, 15) is 9.59 Å². The summed E-state index contributed by atoms with van der Waals surface area (Å²) in [6, 6.07) is 3.80. The van der Waals surface area contributed by atoms with Crippen LogP contribution in [-0.2, 0) is 16.1 Å². The number of ether oxygens (including phenoxy) is 3. The number of hydrogen-bond donors (Lipinski definition) is 1. The Morgan fingerprint density at radius 3 is 2.45 bits per heavy atom. The number of aromatic amines is 1. The largest absolute Gasteiger partial charge is 0.477 e. The van der Waals surface area contributed by atoms with Crippen molar-refractivity contribution in [3.8, 4) is 5.88 Å². The van der Waals surface area contributed by atoms with E-state index in [1.54, 1.807) is 11.1 Å². The van der Waals surface area contributed by atoms with Gasteiger partial charge in [0.1, 0.15) is 12.3 Å². The summed E-state index contributed by atoms with van der Waals surface area (Å²) in [6.07, 6.45) is 7.22. The van der Waals surface area contributed by atoms with Crippen LogP contribution in [0.3, 0.4) is 0 Å². The van der Waals surface area contributed by atoms with Crippen molar-refractivity contribution >= 4 is 12.0 Å². The topological polar surface area (TPSA) is 123 Å². The summed E-state index contributed by atoms with van der Waals surface area (Å²) in [6.45, 7) is 4.98. The molecule has 2 atom stereocenters. The number of nitrogens with one attached hydrogen (secondary N) is 1. The number of aromatic nitrogens is 4. The summed E-state index contributed by atoms with van der Waals surface area (Å²) in [4.78, 5) is 34.7. The van der Waals surface area contributed by atoms with Gasteiger partial charge in [-0.3, -0.25) is 4.79 Å². The van der Waals surface area contributed by atoms with Gasteiger partial charge in [-0.1, -0.05) is 0 Å². The number of rotatable bonds is 7. The first-order valence-corrected chi connectivity index (χ1v) is 13.9. The van der Waals surface area contributed by atoms with E-state index in [-0.39, 0.29) is 18.6 Å². The maximum Gasteiger partial charge on any atom is 0.410 e. The van der Waals surface area contributed by atoms with Crippen LogP contribution in [0.2, 0.25) is 0 Å². The quantitative estimate of drug-likeness (QED) is 0.587. The summed E-state index contributed by atoms with van der Waals surface area (Å²) >= 11 is 0. The van der Waals surface area contributed by atoms with Gasteiger partial charge in [-0.05, 0) is 62.3 Å². The summed E-state index contributed by atoms with van der Waals surface area (Å²) < 4.78 is 17.0. The molecule has 3 saturated heterocycles. The summed E-state index contributed by atoms with van der Waals surface area (Å²) in [5, 5.41) is 10.2. The van der Waals surface area contributed by atoms with Crippen molar-refractivity contribution in [3.05, 3.63) is 35.3 Å². The number of nitrogens with zero attached hydrogens (tertiary/aromatic N) is 5. The van der Waals surface area contributed by atoms with Crippen molar-refractivity contribution in [2.24, 2.45) is 17.8 Å². The second-order valence-corrected chi connectivity index (χ2v) is 11.1. The molecular weight excluding hydrogens is 488 g/mol. The molecule has 1 saturated carbocycles.